The van der Waals surface area contributed by atoms with Crippen LogP contribution in [-0.2, 0) is 0 Å². The number of aromatic nitrogens is 2. The van der Waals surface area contributed by atoms with Gasteiger partial charge in [-0.3, -0.25) is 4.98 Å². The van der Waals surface area contributed by atoms with Crippen LogP contribution >= 0.6 is 11.6 Å². The van der Waals surface area contributed by atoms with E-state index in [2.05, 4.69) is 20.4 Å². The number of nitrogens with zero attached hydrogens (tertiary/aromatic N) is 4. The first-order chi connectivity index (χ1) is 11.6. The summed E-state index contributed by atoms with van der Waals surface area (Å²) in [7, 11) is 3.73. The van der Waals surface area contributed by atoms with Gasteiger partial charge in [0, 0.05) is 30.4 Å². The number of benzene rings is 2. The normalized spacial score (nSPS) is 11.6. The Bertz CT molecular complexity index is 907. The molecule has 0 atom stereocenters. The summed E-state index contributed by atoms with van der Waals surface area (Å²) in [6.07, 6.45) is 1.72. The molecule has 0 amide bonds. The van der Waals surface area contributed by atoms with Crippen molar-refractivity contribution in [2.75, 3.05) is 24.4 Å². The fourth-order valence-electron chi connectivity index (χ4n) is 2.47. The Labute approximate surface area is 146 Å². The lowest BCUT2D eigenvalue weighted by molar-refractivity contribution is 0.974. The fraction of sp³-hybridized carbons (Fsp3) is 0.167. The Balaban J connectivity index is 1.95. The molecule has 1 heterocycles. The summed E-state index contributed by atoms with van der Waals surface area (Å²) in [5.41, 5.74) is 4.46. The standard InChI is InChI=1S/C18H18ClN5/c1-12(14-10-13(19)8-9-15(14)20-2)23-24(3)18-11-21-16-6-4-5-7-17(16)22-18/h4-11,20H,1-3H3/b23-12+. The molecule has 0 radical (unpaired) electrons. The largest absolute Gasteiger partial charge is 0.388 e. The zero-order valence-corrected chi connectivity index (χ0v) is 14.5. The quantitative estimate of drug-likeness (QED) is 0.572. The molecule has 5 nitrogen and oxygen atoms in total. The molecule has 0 fully saturated rings. The maximum atomic E-state index is 6.12. The predicted octanol–water partition coefficient (Wildman–Crippen LogP) is 4.19. The van der Waals surface area contributed by atoms with Crippen LogP contribution in [0.15, 0.2) is 53.8 Å². The Hall–Kier alpha value is -2.66. The zero-order chi connectivity index (χ0) is 17.1. The molecular formula is C18H18ClN5. The van der Waals surface area contributed by atoms with E-state index in [0.29, 0.717) is 10.8 Å². The van der Waals surface area contributed by atoms with E-state index in [1.807, 2.05) is 63.5 Å². The van der Waals surface area contributed by atoms with Gasteiger partial charge in [-0.2, -0.15) is 5.10 Å². The second-order valence-corrected chi connectivity index (χ2v) is 5.80. The Morgan fingerprint density at radius 1 is 1.17 bits per heavy atom. The smallest absolute Gasteiger partial charge is 0.167 e. The number of hydrogen-bond acceptors (Lipinski definition) is 5. The molecule has 24 heavy (non-hydrogen) atoms. The van der Waals surface area contributed by atoms with Crippen molar-refractivity contribution in [3.63, 3.8) is 0 Å². The van der Waals surface area contributed by atoms with Crippen LogP contribution in [0.5, 0.6) is 0 Å². The molecule has 122 valence electrons. The third-order valence-corrected chi connectivity index (χ3v) is 3.94. The number of nitrogens with one attached hydrogen (secondary N) is 1. The Kier molecular flexibility index (Phi) is 4.62. The van der Waals surface area contributed by atoms with Crippen LogP contribution in [0.1, 0.15) is 12.5 Å². The van der Waals surface area contributed by atoms with E-state index in [1.165, 1.54) is 0 Å². The van der Waals surface area contributed by atoms with Crippen LogP contribution in [-0.4, -0.2) is 29.8 Å². The van der Waals surface area contributed by atoms with Crippen molar-refractivity contribution in [1.29, 1.82) is 0 Å². The van der Waals surface area contributed by atoms with Gasteiger partial charge in [0.25, 0.3) is 0 Å². The molecule has 0 bridgehead atoms. The highest BCUT2D eigenvalue weighted by atomic mass is 35.5. The highest BCUT2D eigenvalue weighted by molar-refractivity contribution is 6.31. The maximum Gasteiger partial charge on any atom is 0.167 e. The summed E-state index contributed by atoms with van der Waals surface area (Å²) in [5, 5.41) is 10.2. The second kappa shape index (κ2) is 6.84. The lowest BCUT2D eigenvalue weighted by Gasteiger charge is -2.15. The van der Waals surface area contributed by atoms with Gasteiger partial charge in [0.2, 0.25) is 0 Å². The summed E-state index contributed by atoms with van der Waals surface area (Å²) >= 11 is 6.12. The molecule has 0 aliphatic heterocycles. The van der Waals surface area contributed by atoms with Gasteiger partial charge in [-0.25, -0.2) is 9.99 Å². The lowest BCUT2D eigenvalue weighted by atomic mass is 10.1. The minimum Gasteiger partial charge on any atom is -0.388 e. The van der Waals surface area contributed by atoms with Crippen LogP contribution < -0.4 is 10.3 Å². The van der Waals surface area contributed by atoms with Crippen LogP contribution in [0.4, 0.5) is 11.5 Å². The number of hydrogen-bond donors (Lipinski definition) is 1. The average molecular weight is 340 g/mol. The maximum absolute atomic E-state index is 6.12. The molecule has 1 aromatic heterocycles. The van der Waals surface area contributed by atoms with Crippen molar-refractivity contribution in [2.24, 2.45) is 5.10 Å². The van der Waals surface area contributed by atoms with E-state index < -0.39 is 0 Å². The summed E-state index contributed by atoms with van der Waals surface area (Å²) < 4.78 is 0. The van der Waals surface area contributed by atoms with Gasteiger partial charge in [0.1, 0.15) is 0 Å². The number of halogens is 1. The van der Waals surface area contributed by atoms with E-state index in [0.717, 1.165) is 28.0 Å². The number of fused-ring (bicyclic) bond motifs is 1. The molecule has 0 saturated carbocycles. The summed E-state index contributed by atoms with van der Waals surface area (Å²) in [6.45, 7) is 1.94. The highest BCUT2D eigenvalue weighted by Gasteiger charge is 2.09. The first kappa shape index (κ1) is 16.2. The molecule has 3 rings (SSSR count). The second-order valence-electron chi connectivity index (χ2n) is 5.37. The third-order valence-electron chi connectivity index (χ3n) is 3.71. The Morgan fingerprint density at radius 3 is 2.67 bits per heavy atom. The van der Waals surface area contributed by atoms with Crippen molar-refractivity contribution in [1.82, 2.24) is 9.97 Å². The van der Waals surface area contributed by atoms with Crippen molar-refractivity contribution in [3.8, 4) is 0 Å². The molecule has 3 aromatic rings. The monoisotopic (exact) mass is 339 g/mol. The van der Waals surface area contributed by atoms with Crippen LogP contribution in [0.2, 0.25) is 5.02 Å². The van der Waals surface area contributed by atoms with Crippen LogP contribution in [0, 0.1) is 0 Å². The minimum atomic E-state index is 0.673. The van der Waals surface area contributed by atoms with E-state index in [-0.39, 0.29) is 0 Å². The molecule has 0 spiro atoms. The molecule has 1 N–H and O–H groups in total. The van der Waals surface area contributed by atoms with E-state index in [4.69, 9.17) is 11.6 Å². The molecule has 2 aromatic carbocycles. The highest BCUT2D eigenvalue weighted by Crippen LogP contribution is 2.22. The molecule has 6 heteroatoms. The third kappa shape index (κ3) is 3.31. The van der Waals surface area contributed by atoms with Crippen LogP contribution in [0.3, 0.4) is 0 Å². The van der Waals surface area contributed by atoms with Gasteiger partial charge in [0.15, 0.2) is 5.82 Å². The molecule has 0 aliphatic carbocycles. The topological polar surface area (TPSA) is 53.4 Å². The van der Waals surface area contributed by atoms with Crippen LogP contribution in [0.25, 0.3) is 11.0 Å². The van der Waals surface area contributed by atoms with Gasteiger partial charge >= 0.3 is 0 Å². The number of hydrazone groups is 1. The van der Waals surface area contributed by atoms with Gasteiger partial charge < -0.3 is 5.32 Å². The van der Waals surface area contributed by atoms with Crippen molar-refractivity contribution < 1.29 is 0 Å². The summed E-state index contributed by atoms with van der Waals surface area (Å²) in [4.78, 5) is 9.02. The lowest BCUT2D eigenvalue weighted by Crippen LogP contribution is -2.15. The molecular weight excluding hydrogens is 322 g/mol. The summed E-state index contributed by atoms with van der Waals surface area (Å²) in [6, 6.07) is 13.4. The molecule has 0 aliphatic rings. The SMILES string of the molecule is CNc1ccc(Cl)cc1/C(C)=N/N(C)c1cnc2ccccc2n1. The first-order valence-corrected chi connectivity index (χ1v) is 7.94. The van der Waals surface area contributed by atoms with Gasteiger partial charge in [-0.1, -0.05) is 23.7 Å². The van der Waals surface area contributed by atoms with Gasteiger partial charge in [-0.05, 0) is 37.3 Å². The number of anilines is 2. The number of para-hydroxylation sites is 2. The predicted molar refractivity (Wildman–Crippen MR) is 101 cm³/mol. The van der Waals surface area contributed by atoms with E-state index in [1.54, 1.807) is 11.2 Å². The summed E-state index contributed by atoms with van der Waals surface area (Å²) in [5.74, 6) is 0.682. The van der Waals surface area contributed by atoms with E-state index in [9.17, 15) is 0 Å². The first-order valence-electron chi connectivity index (χ1n) is 7.57. The molecule has 0 saturated heterocycles. The zero-order valence-electron chi connectivity index (χ0n) is 13.8. The van der Waals surface area contributed by atoms with E-state index >= 15 is 0 Å². The molecule has 0 unspecified atom stereocenters. The Morgan fingerprint density at radius 2 is 1.92 bits per heavy atom. The fourth-order valence-corrected chi connectivity index (χ4v) is 2.64. The van der Waals surface area contributed by atoms with Crippen molar-refractivity contribution in [2.45, 2.75) is 6.92 Å². The number of rotatable bonds is 4. The average Bonchev–Trinajstić information content (AvgIpc) is 2.61. The van der Waals surface area contributed by atoms with Crippen molar-refractivity contribution >= 4 is 39.9 Å². The minimum absolute atomic E-state index is 0.673. The van der Waals surface area contributed by atoms with Gasteiger partial charge in [0.05, 0.1) is 22.9 Å². The van der Waals surface area contributed by atoms with Crippen molar-refractivity contribution in [3.05, 3.63) is 59.2 Å². The van der Waals surface area contributed by atoms with Gasteiger partial charge in [-0.15, -0.1) is 0 Å².